The first-order chi connectivity index (χ1) is 32.4. The number of nitrogens with one attached hydrogen (secondary N) is 5. The van der Waals surface area contributed by atoms with Crippen molar-refractivity contribution in [2.75, 3.05) is 31.5 Å². The zero-order valence-electron chi connectivity index (χ0n) is 37.2. The Morgan fingerprint density at radius 1 is 0.925 bits per heavy atom. The van der Waals surface area contributed by atoms with Gasteiger partial charge in [0.15, 0.2) is 0 Å². The number of fused-ring (bicyclic) bond motifs is 1. The molecule has 8 rings (SSSR count). The molecule has 2 aliphatic heterocycles. The summed E-state index contributed by atoms with van der Waals surface area (Å²) in [7, 11) is 1.94. The fourth-order valence-electron chi connectivity index (χ4n) is 8.71. The summed E-state index contributed by atoms with van der Waals surface area (Å²) in [6.07, 6.45) is 10.3. The van der Waals surface area contributed by atoms with E-state index >= 15 is 0 Å². The fourth-order valence-corrected chi connectivity index (χ4v) is 9.86. The number of hydrogen-bond donors (Lipinski definition) is 5. The second kappa shape index (κ2) is 21.6. The minimum atomic E-state index is -1.06. The number of benzene rings is 1. The van der Waals surface area contributed by atoms with E-state index in [0.717, 1.165) is 28.1 Å². The zero-order chi connectivity index (χ0) is 47.0. The number of rotatable bonds is 20. The van der Waals surface area contributed by atoms with E-state index in [9.17, 15) is 33.6 Å². The van der Waals surface area contributed by atoms with Crippen molar-refractivity contribution < 1.29 is 38.3 Å². The number of hydrogen-bond acceptors (Lipinski definition) is 14. The number of piperidine rings is 1. The molecular formula is C46H54ClN11O8S. The van der Waals surface area contributed by atoms with Gasteiger partial charge in [0.1, 0.15) is 19.2 Å². The predicted molar refractivity (Wildman–Crippen MR) is 247 cm³/mol. The number of imide groups is 2. The largest absolute Gasteiger partial charge is 0.445 e. The molecule has 0 bridgehead atoms. The summed E-state index contributed by atoms with van der Waals surface area (Å²) in [6.45, 7) is 0.817. The van der Waals surface area contributed by atoms with E-state index in [2.05, 4.69) is 36.7 Å². The number of ether oxygens (including phenoxy) is 1. The predicted octanol–water partition coefficient (Wildman–Crippen LogP) is 4.11. The Balaban J connectivity index is 0.764. The molecule has 3 aromatic heterocycles. The van der Waals surface area contributed by atoms with Crippen molar-refractivity contribution in [1.82, 2.24) is 50.8 Å². The summed E-state index contributed by atoms with van der Waals surface area (Å²) in [4.78, 5) is 102. The monoisotopic (exact) mass is 955 g/mol. The minimum absolute atomic E-state index is 0.00731. The van der Waals surface area contributed by atoms with Gasteiger partial charge in [0, 0.05) is 53.6 Å². The van der Waals surface area contributed by atoms with Crippen LogP contribution in [0.5, 0.6) is 0 Å². The quantitative estimate of drug-likeness (QED) is 0.0620. The summed E-state index contributed by atoms with van der Waals surface area (Å²) in [5.74, 6) is -1.82. The number of thiophene rings is 1. The van der Waals surface area contributed by atoms with Crippen molar-refractivity contribution in [2.24, 2.45) is 13.0 Å². The van der Waals surface area contributed by atoms with Crippen molar-refractivity contribution in [3.8, 4) is 11.3 Å². The van der Waals surface area contributed by atoms with Gasteiger partial charge in [0.05, 0.1) is 47.3 Å². The summed E-state index contributed by atoms with van der Waals surface area (Å²) in [5, 5.41) is 20.9. The summed E-state index contributed by atoms with van der Waals surface area (Å²) >= 11 is 7.79. The van der Waals surface area contributed by atoms with Crippen molar-refractivity contribution in [3.63, 3.8) is 0 Å². The van der Waals surface area contributed by atoms with E-state index in [4.69, 9.17) is 21.3 Å². The van der Waals surface area contributed by atoms with Crippen LogP contribution in [0.4, 0.5) is 10.7 Å². The highest BCUT2D eigenvalue weighted by molar-refractivity contribution is 7.10. The second-order valence-corrected chi connectivity index (χ2v) is 18.8. The molecule has 1 saturated heterocycles. The van der Waals surface area contributed by atoms with Crippen LogP contribution in [-0.2, 0) is 50.5 Å². The number of aryl methyl sites for hydroxylation is 1. The van der Waals surface area contributed by atoms with Crippen molar-refractivity contribution >= 4 is 70.4 Å². The lowest BCUT2D eigenvalue weighted by Gasteiger charge is -2.36. The summed E-state index contributed by atoms with van der Waals surface area (Å²) < 4.78 is 7.61. The lowest BCUT2D eigenvalue weighted by Crippen LogP contribution is -2.54. The van der Waals surface area contributed by atoms with Crippen LogP contribution in [-0.4, -0.2) is 115 Å². The molecule has 354 valence electrons. The highest BCUT2D eigenvalue weighted by Crippen LogP contribution is 2.38. The lowest BCUT2D eigenvalue weighted by atomic mass is 9.90. The van der Waals surface area contributed by atoms with Gasteiger partial charge in [-0.25, -0.2) is 14.8 Å². The number of halogens is 1. The summed E-state index contributed by atoms with van der Waals surface area (Å²) in [5.41, 5.74) is 3.85. The number of carbonyl (C=O) groups excluding carboxylic acids is 7. The van der Waals surface area contributed by atoms with Gasteiger partial charge in [0.2, 0.25) is 29.6 Å². The molecule has 19 nitrogen and oxygen atoms in total. The Kier molecular flexibility index (Phi) is 15.2. The van der Waals surface area contributed by atoms with Gasteiger partial charge in [0.25, 0.3) is 11.8 Å². The van der Waals surface area contributed by atoms with Gasteiger partial charge in [-0.2, -0.15) is 5.10 Å². The van der Waals surface area contributed by atoms with Crippen LogP contribution >= 0.6 is 22.9 Å². The van der Waals surface area contributed by atoms with Crippen LogP contribution in [0.1, 0.15) is 101 Å². The first kappa shape index (κ1) is 47.3. The minimum Gasteiger partial charge on any atom is -0.445 e. The van der Waals surface area contributed by atoms with Crippen LogP contribution in [0.2, 0.25) is 5.02 Å². The standard InChI is InChI=1S/C46H54ClN11O8S/c1-56-35(19-27-9-10-27)31(20-52-56)41-33(47)21-51-45(55-41)53-29-11-13-30(14-12-29)57(46(65)66-25-28-7-3-2-4-8-28)24-39(61)49-18-6-5-17-48-23-38(60)50-22-36-40-32(26-67-36)43(63)58(44(40)64)34-15-16-37(59)54-42(34)62/h2-4,7-8,20-21,26-27,29-30,34,48H,5-6,9-19,22-25H2,1H3,(H,49,61)(H,50,60)(H,51,53,55)(H,54,59,62). The topological polar surface area (TPSA) is 239 Å². The Morgan fingerprint density at radius 2 is 1.70 bits per heavy atom. The number of amides is 7. The van der Waals surface area contributed by atoms with Crippen LogP contribution < -0.4 is 26.6 Å². The van der Waals surface area contributed by atoms with Crippen molar-refractivity contribution in [1.29, 1.82) is 0 Å². The molecule has 5 heterocycles. The molecule has 4 aromatic rings. The number of unbranched alkanes of at least 4 members (excludes halogenated alkanes) is 1. The molecule has 2 saturated carbocycles. The molecule has 3 fully saturated rings. The molecule has 7 amide bonds. The van der Waals surface area contributed by atoms with Crippen molar-refractivity contribution in [3.05, 3.63) is 80.4 Å². The maximum Gasteiger partial charge on any atom is 0.410 e. The van der Waals surface area contributed by atoms with Crippen LogP contribution in [0.15, 0.2) is 48.1 Å². The van der Waals surface area contributed by atoms with E-state index in [1.165, 1.54) is 29.1 Å². The van der Waals surface area contributed by atoms with Gasteiger partial charge in [-0.3, -0.25) is 48.6 Å². The van der Waals surface area contributed by atoms with Gasteiger partial charge in [-0.1, -0.05) is 41.9 Å². The molecule has 1 aromatic carbocycles. The van der Waals surface area contributed by atoms with Gasteiger partial charge >= 0.3 is 6.09 Å². The van der Waals surface area contributed by atoms with Crippen molar-refractivity contribution in [2.45, 2.75) is 102 Å². The maximum atomic E-state index is 13.6. The normalized spacial score (nSPS) is 19.2. The maximum absolute atomic E-state index is 13.6. The van der Waals surface area contributed by atoms with E-state index in [1.54, 1.807) is 11.6 Å². The van der Waals surface area contributed by atoms with Crippen LogP contribution in [0.3, 0.4) is 0 Å². The van der Waals surface area contributed by atoms with Gasteiger partial charge in [-0.05, 0) is 82.2 Å². The number of carbonyl (C=O) groups is 7. The molecule has 5 N–H and O–H groups in total. The van der Waals surface area contributed by atoms with E-state index in [0.29, 0.717) is 79.1 Å². The van der Waals surface area contributed by atoms with Crippen LogP contribution in [0, 0.1) is 5.92 Å². The Morgan fingerprint density at radius 3 is 2.46 bits per heavy atom. The van der Waals surface area contributed by atoms with E-state index in [1.807, 2.05) is 48.3 Å². The molecular weight excluding hydrogens is 902 g/mol. The molecule has 0 spiro atoms. The van der Waals surface area contributed by atoms with E-state index in [-0.39, 0.29) is 74.1 Å². The smallest absolute Gasteiger partial charge is 0.410 e. The molecule has 1 unspecified atom stereocenters. The Hall–Kier alpha value is -6.25. The third-order valence-corrected chi connectivity index (χ3v) is 13.8. The second-order valence-electron chi connectivity index (χ2n) is 17.4. The molecule has 67 heavy (non-hydrogen) atoms. The number of anilines is 1. The zero-order valence-corrected chi connectivity index (χ0v) is 38.8. The highest BCUT2D eigenvalue weighted by atomic mass is 35.5. The fraction of sp³-hybridized carbons (Fsp3) is 0.478. The lowest BCUT2D eigenvalue weighted by molar-refractivity contribution is -0.136. The molecule has 21 heteroatoms. The molecule has 4 aliphatic rings. The van der Waals surface area contributed by atoms with E-state index < -0.39 is 35.8 Å². The number of aromatic nitrogens is 4. The third-order valence-electron chi connectivity index (χ3n) is 12.6. The molecule has 2 aliphatic carbocycles. The number of nitrogens with zero attached hydrogens (tertiary/aromatic N) is 6. The van der Waals surface area contributed by atoms with Gasteiger partial charge < -0.3 is 26.0 Å². The third kappa shape index (κ3) is 11.7. The molecule has 0 radical (unpaired) electrons. The first-order valence-electron chi connectivity index (χ1n) is 22.8. The first-order valence-corrected chi connectivity index (χ1v) is 24.0. The SMILES string of the molecule is Cn1ncc(-c2nc(NC3CCC(N(CC(=O)NCCCCNCC(=O)NCc4scc5c4C(=O)N(C4CCC(=O)NC4=O)C5=O)C(=O)OCc4ccccc4)CC3)ncc2Cl)c1CC1CC1. The average molecular weight is 957 g/mol. The average Bonchev–Trinajstić information content (AvgIpc) is 3.85. The van der Waals surface area contributed by atoms with Gasteiger partial charge in [-0.15, -0.1) is 11.3 Å². The Bertz CT molecular complexity index is 2500. The highest BCUT2D eigenvalue weighted by Gasteiger charge is 2.46. The molecule has 1 atom stereocenters. The Labute approximate surface area is 396 Å². The van der Waals surface area contributed by atoms with Crippen LogP contribution in [0.25, 0.3) is 11.3 Å². The summed E-state index contributed by atoms with van der Waals surface area (Å²) in [6, 6.07) is 8.14.